The van der Waals surface area contributed by atoms with Crippen molar-refractivity contribution >= 4 is 38.6 Å². The van der Waals surface area contributed by atoms with E-state index in [1.807, 2.05) is 60.0 Å². The number of rotatable bonds is 4. The molecule has 0 bridgehead atoms. The lowest BCUT2D eigenvalue weighted by atomic mass is 10.2. The van der Waals surface area contributed by atoms with Gasteiger partial charge in [0.05, 0.1) is 11.9 Å². The van der Waals surface area contributed by atoms with Gasteiger partial charge in [0.2, 0.25) is 5.13 Å². The summed E-state index contributed by atoms with van der Waals surface area (Å²) in [5.74, 6) is 0. The van der Waals surface area contributed by atoms with Gasteiger partial charge in [0.1, 0.15) is 0 Å². The highest BCUT2D eigenvalue weighted by atomic mass is 79.9. The highest BCUT2D eigenvalue weighted by molar-refractivity contribution is 9.10. The molecule has 3 rings (SSSR count). The number of nitrogens with one attached hydrogen (secondary N) is 1. The second-order valence-electron chi connectivity index (χ2n) is 4.33. The van der Waals surface area contributed by atoms with Crippen molar-refractivity contribution in [3.05, 3.63) is 70.0 Å². The van der Waals surface area contributed by atoms with Crippen LogP contribution < -0.4 is 5.43 Å². The highest BCUT2D eigenvalue weighted by Gasteiger charge is 2.02. The summed E-state index contributed by atoms with van der Waals surface area (Å²) in [5, 5.41) is 7.01. The smallest absolute Gasteiger partial charge is 0.203 e. The number of hydrogen-bond donors (Lipinski definition) is 1. The Hall–Kier alpha value is -1.98. The van der Waals surface area contributed by atoms with E-state index in [1.165, 1.54) is 11.3 Å². The first-order valence-electron chi connectivity index (χ1n) is 6.37. The molecule has 0 aliphatic heterocycles. The van der Waals surface area contributed by atoms with Crippen molar-refractivity contribution in [2.75, 3.05) is 5.43 Å². The summed E-state index contributed by atoms with van der Waals surface area (Å²) in [6.07, 6.45) is 1.77. The SMILES string of the molecule is Brc1cccc(C=NNc2nc(-c3ccccc3)cs2)c1. The predicted octanol–water partition coefficient (Wildman–Crippen LogP) is 5.02. The summed E-state index contributed by atoms with van der Waals surface area (Å²) in [6.45, 7) is 0. The van der Waals surface area contributed by atoms with Crippen molar-refractivity contribution in [2.45, 2.75) is 0 Å². The monoisotopic (exact) mass is 357 g/mol. The molecule has 21 heavy (non-hydrogen) atoms. The van der Waals surface area contributed by atoms with E-state index in [0.29, 0.717) is 0 Å². The van der Waals surface area contributed by atoms with Crippen LogP contribution in [0.1, 0.15) is 5.56 Å². The fourth-order valence-corrected chi connectivity index (χ4v) is 2.90. The van der Waals surface area contributed by atoms with Crippen molar-refractivity contribution < 1.29 is 0 Å². The number of aromatic nitrogens is 1. The van der Waals surface area contributed by atoms with E-state index < -0.39 is 0 Å². The predicted molar refractivity (Wildman–Crippen MR) is 92.9 cm³/mol. The van der Waals surface area contributed by atoms with E-state index in [0.717, 1.165) is 26.4 Å². The third kappa shape index (κ3) is 3.77. The Balaban J connectivity index is 1.68. The molecule has 1 aromatic heterocycles. The number of benzene rings is 2. The maximum atomic E-state index is 4.51. The van der Waals surface area contributed by atoms with Crippen molar-refractivity contribution in [3.63, 3.8) is 0 Å². The molecule has 0 saturated heterocycles. The van der Waals surface area contributed by atoms with Gasteiger partial charge < -0.3 is 0 Å². The molecule has 1 heterocycles. The molecule has 0 aliphatic carbocycles. The molecule has 0 radical (unpaired) electrons. The minimum absolute atomic E-state index is 0.778. The summed E-state index contributed by atoms with van der Waals surface area (Å²) in [7, 11) is 0. The van der Waals surface area contributed by atoms with E-state index in [9.17, 15) is 0 Å². The second kappa shape index (κ2) is 6.65. The van der Waals surface area contributed by atoms with Gasteiger partial charge in [-0.2, -0.15) is 5.10 Å². The molecule has 0 fully saturated rings. The minimum atomic E-state index is 0.778. The lowest BCUT2D eigenvalue weighted by molar-refractivity contribution is 1.29. The maximum absolute atomic E-state index is 4.51. The lowest BCUT2D eigenvalue weighted by Crippen LogP contribution is -1.90. The average Bonchev–Trinajstić information content (AvgIpc) is 2.97. The summed E-state index contributed by atoms with van der Waals surface area (Å²) in [6, 6.07) is 18.1. The van der Waals surface area contributed by atoms with Crippen LogP contribution in [-0.4, -0.2) is 11.2 Å². The Kier molecular flexibility index (Phi) is 4.43. The van der Waals surface area contributed by atoms with Gasteiger partial charge in [-0.3, -0.25) is 5.43 Å². The molecule has 3 aromatic rings. The van der Waals surface area contributed by atoms with Gasteiger partial charge in [0.15, 0.2) is 0 Å². The average molecular weight is 358 g/mol. The van der Waals surface area contributed by atoms with Crippen LogP contribution in [0.15, 0.2) is 69.6 Å². The first-order chi connectivity index (χ1) is 10.3. The molecule has 0 atom stereocenters. The maximum Gasteiger partial charge on any atom is 0.203 e. The van der Waals surface area contributed by atoms with Crippen LogP contribution in [0.3, 0.4) is 0 Å². The molecule has 1 N–H and O–H groups in total. The van der Waals surface area contributed by atoms with E-state index >= 15 is 0 Å². The molecule has 3 nitrogen and oxygen atoms in total. The Morgan fingerprint density at radius 2 is 1.95 bits per heavy atom. The van der Waals surface area contributed by atoms with Gasteiger partial charge in [-0.25, -0.2) is 4.98 Å². The largest absolute Gasteiger partial charge is 0.253 e. The Morgan fingerprint density at radius 1 is 1.10 bits per heavy atom. The Bertz CT molecular complexity index is 753. The normalized spacial score (nSPS) is 10.9. The number of halogens is 1. The van der Waals surface area contributed by atoms with Gasteiger partial charge in [-0.1, -0.05) is 58.4 Å². The quantitative estimate of drug-likeness (QED) is 0.525. The third-order valence-corrected chi connectivity index (χ3v) is 4.04. The van der Waals surface area contributed by atoms with Crippen LogP contribution in [0.2, 0.25) is 0 Å². The minimum Gasteiger partial charge on any atom is -0.253 e. The number of hydrogen-bond acceptors (Lipinski definition) is 4. The lowest BCUT2D eigenvalue weighted by Gasteiger charge is -1.96. The zero-order chi connectivity index (χ0) is 14.5. The molecule has 0 saturated carbocycles. The van der Waals surface area contributed by atoms with Crippen LogP contribution in [0.5, 0.6) is 0 Å². The summed E-state index contributed by atoms with van der Waals surface area (Å²) in [4.78, 5) is 4.51. The Morgan fingerprint density at radius 3 is 2.76 bits per heavy atom. The molecule has 104 valence electrons. The third-order valence-electron chi connectivity index (χ3n) is 2.80. The molecule has 0 amide bonds. The summed E-state index contributed by atoms with van der Waals surface area (Å²) < 4.78 is 1.03. The van der Waals surface area contributed by atoms with Crippen LogP contribution >= 0.6 is 27.3 Å². The molecule has 0 unspecified atom stereocenters. The first kappa shape index (κ1) is 14.0. The molecule has 0 spiro atoms. The van der Waals surface area contributed by atoms with Crippen molar-refractivity contribution in [1.82, 2.24) is 4.98 Å². The summed E-state index contributed by atoms with van der Waals surface area (Å²) >= 11 is 4.97. The topological polar surface area (TPSA) is 37.3 Å². The van der Waals surface area contributed by atoms with Crippen molar-refractivity contribution in [3.8, 4) is 11.3 Å². The fourth-order valence-electron chi connectivity index (χ4n) is 1.82. The van der Waals surface area contributed by atoms with Gasteiger partial charge >= 0.3 is 0 Å². The molecular weight excluding hydrogens is 346 g/mol. The second-order valence-corrected chi connectivity index (χ2v) is 6.10. The molecule has 0 aliphatic rings. The zero-order valence-electron chi connectivity index (χ0n) is 11.0. The number of hydrazone groups is 1. The fraction of sp³-hybridized carbons (Fsp3) is 0. The van der Waals surface area contributed by atoms with E-state index in [-0.39, 0.29) is 0 Å². The zero-order valence-corrected chi connectivity index (χ0v) is 13.4. The van der Waals surface area contributed by atoms with Crippen LogP contribution in [0, 0.1) is 0 Å². The van der Waals surface area contributed by atoms with E-state index in [4.69, 9.17) is 0 Å². The van der Waals surface area contributed by atoms with Crippen LogP contribution in [0.4, 0.5) is 5.13 Å². The van der Waals surface area contributed by atoms with E-state index in [2.05, 4.69) is 31.4 Å². The van der Waals surface area contributed by atoms with Crippen LogP contribution in [-0.2, 0) is 0 Å². The van der Waals surface area contributed by atoms with E-state index in [1.54, 1.807) is 6.21 Å². The molecular formula is C16H12BrN3S. The van der Waals surface area contributed by atoms with Gasteiger partial charge in [0, 0.05) is 15.4 Å². The van der Waals surface area contributed by atoms with Gasteiger partial charge in [0.25, 0.3) is 0 Å². The summed E-state index contributed by atoms with van der Waals surface area (Å²) in [5.41, 5.74) is 6.06. The van der Waals surface area contributed by atoms with Crippen LogP contribution in [0.25, 0.3) is 11.3 Å². The molecule has 2 aromatic carbocycles. The Labute approximate surface area is 135 Å². The number of thiazole rings is 1. The van der Waals surface area contributed by atoms with Gasteiger partial charge in [-0.05, 0) is 17.7 Å². The van der Waals surface area contributed by atoms with Crippen molar-refractivity contribution in [1.29, 1.82) is 0 Å². The highest BCUT2D eigenvalue weighted by Crippen LogP contribution is 2.24. The molecule has 5 heteroatoms. The number of anilines is 1. The first-order valence-corrected chi connectivity index (χ1v) is 8.04. The van der Waals surface area contributed by atoms with Crippen molar-refractivity contribution in [2.24, 2.45) is 5.10 Å². The van der Waals surface area contributed by atoms with Gasteiger partial charge in [-0.15, -0.1) is 11.3 Å². The standard InChI is InChI=1S/C16H12BrN3S/c17-14-8-4-5-12(9-14)10-18-20-16-19-15(11-21-16)13-6-2-1-3-7-13/h1-11H,(H,19,20). The number of nitrogens with zero attached hydrogens (tertiary/aromatic N) is 2.